The Hall–Kier alpha value is -2.14. The van der Waals surface area contributed by atoms with Crippen molar-refractivity contribution in [3.8, 4) is 0 Å². The van der Waals surface area contributed by atoms with Crippen LogP contribution in [0.5, 0.6) is 0 Å². The number of anilines is 1. The van der Waals surface area contributed by atoms with Crippen molar-refractivity contribution in [3.63, 3.8) is 0 Å². The zero-order chi connectivity index (χ0) is 14.7. The first-order valence-electron chi connectivity index (χ1n) is 6.83. The van der Waals surface area contributed by atoms with Crippen LogP contribution in [0.1, 0.15) is 28.1 Å². The van der Waals surface area contributed by atoms with Gasteiger partial charge in [-0.15, -0.1) is 11.3 Å². The maximum atomic E-state index is 12.0. The van der Waals surface area contributed by atoms with Crippen molar-refractivity contribution < 1.29 is 14.3 Å². The number of esters is 1. The summed E-state index contributed by atoms with van der Waals surface area (Å²) in [4.78, 5) is 24.7. The molecule has 0 bridgehead atoms. The van der Waals surface area contributed by atoms with Crippen molar-refractivity contribution in [2.24, 2.45) is 5.92 Å². The lowest BCUT2D eigenvalue weighted by Gasteiger charge is -2.07. The molecule has 1 N–H and O–H groups in total. The fraction of sp³-hybridized carbons (Fsp3) is 0.250. The first-order chi connectivity index (χ1) is 10.2. The van der Waals surface area contributed by atoms with Gasteiger partial charge in [0.05, 0.1) is 5.56 Å². The van der Waals surface area contributed by atoms with Crippen LogP contribution in [-0.4, -0.2) is 11.9 Å². The molecule has 0 atom stereocenters. The van der Waals surface area contributed by atoms with Gasteiger partial charge in [-0.2, -0.15) is 0 Å². The minimum atomic E-state index is -0.383. The molecule has 0 unspecified atom stereocenters. The average molecular weight is 301 g/mol. The predicted molar refractivity (Wildman–Crippen MR) is 81.2 cm³/mol. The van der Waals surface area contributed by atoms with E-state index in [0.29, 0.717) is 11.3 Å². The molecule has 1 saturated carbocycles. The molecular formula is C16H15NO3S. The van der Waals surface area contributed by atoms with Crippen LogP contribution in [0.25, 0.3) is 0 Å². The molecule has 0 spiro atoms. The summed E-state index contributed by atoms with van der Waals surface area (Å²) in [7, 11) is 0. The lowest BCUT2D eigenvalue weighted by Crippen LogP contribution is -2.14. The third-order valence-electron chi connectivity index (χ3n) is 3.24. The van der Waals surface area contributed by atoms with Crippen LogP contribution in [0, 0.1) is 5.92 Å². The number of hydrogen-bond acceptors (Lipinski definition) is 4. The maximum absolute atomic E-state index is 12.0. The first-order valence-corrected chi connectivity index (χ1v) is 7.71. The highest BCUT2D eigenvalue weighted by molar-refractivity contribution is 7.09. The van der Waals surface area contributed by atoms with E-state index >= 15 is 0 Å². The largest absolute Gasteiger partial charge is 0.456 e. The number of carbonyl (C=O) groups excluding carboxylic acids is 2. The normalized spacial score (nSPS) is 13.7. The SMILES string of the molecule is O=C(OCc1cccs1)c1cccc(NC(=O)C2CC2)c1. The van der Waals surface area contributed by atoms with Crippen molar-refractivity contribution in [1.82, 2.24) is 0 Å². The minimum absolute atomic E-state index is 0.0269. The van der Waals surface area contributed by atoms with Crippen LogP contribution in [0.15, 0.2) is 41.8 Å². The average Bonchev–Trinajstić information content (AvgIpc) is 3.22. The van der Waals surface area contributed by atoms with E-state index in [9.17, 15) is 9.59 Å². The Bertz CT molecular complexity index is 647. The third-order valence-corrected chi connectivity index (χ3v) is 4.09. The van der Waals surface area contributed by atoms with Crippen LogP contribution in [0.2, 0.25) is 0 Å². The van der Waals surface area contributed by atoms with Crippen LogP contribution < -0.4 is 5.32 Å². The van der Waals surface area contributed by atoms with E-state index in [0.717, 1.165) is 17.7 Å². The molecule has 1 aliphatic carbocycles. The summed E-state index contributed by atoms with van der Waals surface area (Å²) in [6.45, 7) is 0.273. The summed E-state index contributed by atoms with van der Waals surface area (Å²) in [5.74, 6) is -0.218. The Balaban J connectivity index is 1.61. The molecule has 1 heterocycles. The van der Waals surface area contributed by atoms with E-state index in [1.807, 2.05) is 17.5 Å². The first kappa shape index (κ1) is 13.8. The molecule has 1 aromatic heterocycles. The zero-order valence-electron chi connectivity index (χ0n) is 11.4. The molecule has 21 heavy (non-hydrogen) atoms. The Morgan fingerprint density at radius 1 is 1.24 bits per heavy atom. The Morgan fingerprint density at radius 3 is 2.81 bits per heavy atom. The lowest BCUT2D eigenvalue weighted by molar-refractivity contribution is -0.117. The van der Waals surface area contributed by atoms with Crippen molar-refractivity contribution in [2.75, 3.05) is 5.32 Å². The summed E-state index contributed by atoms with van der Waals surface area (Å²) in [6.07, 6.45) is 1.91. The summed E-state index contributed by atoms with van der Waals surface area (Å²) in [6, 6.07) is 10.7. The van der Waals surface area contributed by atoms with Gasteiger partial charge < -0.3 is 10.1 Å². The quantitative estimate of drug-likeness (QED) is 0.861. The van der Waals surface area contributed by atoms with Gasteiger partial charge in [0.2, 0.25) is 5.91 Å². The second kappa shape index (κ2) is 6.10. The summed E-state index contributed by atoms with van der Waals surface area (Å²) >= 11 is 1.55. The molecule has 4 nitrogen and oxygen atoms in total. The van der Waals surface area contributed by atoms with Gasteiger partial charge in [0.15, 0.2) is 0 Å². The van der Waals surface area contributed by atoms with Crippen LogP contribution in [0.4, 0.5) is 5.69 Å². The molecule has 0 aliphatic heterocycles. The molecule has 108 valence electrons. The highest BCUT2D eigenvalue weighted by Gasteiger charge is 2.29. The van der Waals surface area contributed by atoms with E-state index in [1.165, 1.54) is 0 Å². The maximum Gasteiger partial charge on any atom is 0.338 e. The van der Waals surface area contributed by atoms with Gasteiger partial charge in [-0.1, -0.05) is 12.1 Å². The topological polar surface area (TPSA) is 55.4 Å². The van der Waals surface area contributed by atoms with Gasteiger partial charge in [-0.25, -0.2) is 4.79 Å². The van der Waals surface area contributed by atoms with E-state index in [1.54, 1.807) is 35.6 Å². The monoisotopic (exact) mass is 301 g/mol. The molecule has 3 rings (SSSR count). The summed E-state index contributed by atoms with van der Waals surface area (Å²) in [5, 5.41) is 4.77. The highest BCUT2D eigenvalue weighted by Crippen LogP contribution is 2.30. The number of ether oxygens (including phenoxy) is 1. The Morgan fingerprint density at radius 2 is 2.10 bits per heavy atom. The summed E-state index contributed by atoms with van der Waals surface area (Å²) < 4.78 is 5.25. The number of carbonyl (C=O) groups is 2. The number of nitrogens with one attached hydrogen (secondary N) is 1. The van der Waals surface area contributed by atoms with E-state index in [4.69, 9.17) is 4.74 Å². The van der Waals surface area contributed by atoms with Crippen LogP contribution in [-0.2, 0) is 16.1 Å². The second-order valence-electron chi connectivity index (χ2n) is 5.00. The molecule has 1 aromatic carbocycles. The predicted octanol–water partition coefficient (Wildman–Crippen LogP) is 3.45. The number of rotatable bonds is 5. The molecule has 1 aliphatic rings. The zero-order valence-corrected chi connectivity index (χ0v) is 12.2. The van der Waals surface area contributed by atoms with Gasteiger partial charge in [0, 0.05) is 16.5 Å². The fourth-order valence-corrected chi connectivity index (χ4v) is 2.54. The minimum Gasteiger partial charge on any atom is -0.456 e. The van der Waals surface area contributed by atoms with Gasteiger partial charge in [0.1, 0.15) is 6.61 Å². The molecule has 1 fully saturated rings. The molecule has 0 radical (unpaired) electrons. The van der Waals surface area contributed by atoms with Crippen molar-refractivity contribution in [2.45, 2.75) is 19.4 Å². The molecule has 5 heteroatoms. The van der Waals surface area contributed by atoms with Gasteiger partial charge in [0.25, 0.3) is 0 Å². The van der Waals surface area contributed by atoms with E-state index in [-0.39, 0.29) is 24.4 Å². The molecule has 2 aromatic rings. The highest BCUT2D eigenvalue weighted by atomic mass is 32.1. The Kier molecular flexibility index (Phi) is 4.01. The van der Waals surface area contributed by atoms with E-state index < -0.39 is 0 Å². The van der Waals surface area contributed by atoms with Crippen molar-refractivity contribution >= 4 is 28.9 Å². The van der Waals surface area contributed by atoms with Crippen molar-refractivity contribution in [3.05, 3.63) is 52.2 Å². The van der Waals surface area contributed by atoms with Gasteiger partial charge in [-0.3, -0.25) is 4.79 Å². The third kappa shape index (κ3) is 3.70. The number of benzene rings is 1. The number of hydrogen-bond donors (Lipinski definition) is 1. The smallest absolute Gasteiger partial charge is 0.338 e. The second-order valence-corrected chi connectivity index (χ2v) is 6.03. The van der Waals surface area contributed by atoms with E-state index in [2.05, 4.69) is 5.32 Å². The van der Waals surface area contributed by atoms with Gasteiger partial charge >= 0.3 is 5.97 Å². The van der Waals surface area contributed by atoms with Crippen molar-refractivity contribution in [1.29, 1.82) is 0 Å². The molecule has 0 saturated heterocycles. The molecule has 1 amide bonds. The van der Waals surface area contributed by atoms with Crippen LogP contribution in [0.3, 0.4) is 0 Å². The van der Waals surface area contributed by atoms with Gasteiger partial charge in [-0.05, 0) is 42.5 Å². The summed E-state index contributed by atoms with van der Waals surface area (Å²) in [5.41, 5.74) is 1.08. The number of thiophene rings is 1. The van der Waals surface area contributed by atoms with Crippen LogP contribution >= 0.6 is 11.3 Å². The standard InChI is InChI=1S/C16H15NO3S/c18-15(11-6-7-11)17-13-4-1-3-12(9-13)16(19)20-10-14-5-2-8-21-14/h1-5,8-9,11H,6-7,10H2,(H,17,18). The fourth-order valence-electron chi connectivity index (χ4n) is 1.93. The molecular weight excluding hydrogens is 286 g/mol. The lowest BCUT2D eigenvalue weighted by atomic mass is 10.2. The Labute approximate surface area is 126 Å². The number of amides is 1.